The van der Waals surface area contributed by atoms with Gasteiger partial charge in [-0.1, -0.05) is 68.1 Å². The number of aryl methyl sites for hydroxylation is 1. The molecule has 0 radical (unpaired) electrons. The van der Waals surface area contributed by atoms with Crippen molar-refractivity contribution in [1.82, 2.24) is 0 Å². The van der Waals surface area contributed by atoms with Gasteiger partial charge in [0.25, 0.3) is 0 Å². The Morgan fingerprint density at radius 3 is 2.14 bits per heavy atom. The van der Waals surface area contributed by atoms with E-state index in [0.717, 1.165) is 0 Å². The van der Waals surface area contributed by atoms with Crippen LogP contribution >= 0.6 is 0 Å². The molecule has 0 nitrogen and oxygen atoms in total. The molecular formula is C27H32SiZr. The van der Waals surface area contributed by atoms with Crippen molar-refractivity contribution in [2.75, 3.05) is 0 Å². The van der Waals surface area contributed by atoms with E-state index in [4.69, 9.17) is 0 Å². The van der Waals surface area contributed by atoms with Crippen molar-refractivity contribution >= 4 is 16.2 Å². The van der Waals surface area contributed by atoms with Crippen molar-refractivity contribution in [1.29, 1.82) is 0 Å². The largest absolute Gasteiger partial charge is 0.150 e. The van der Waals surface area contributed by atoms with E-state index in [1.807, 2.05) is 0 Å². The van der Waals surface area contributed by atoms with Gasteiger partial charge in [-0.15, -0.1) is 53.6 Å². The monoisotopic (exact) mass is 474 g/mol. The molecule has 1 aliphatic carbocycles. The maximum absolute atomic E-state index is 3.36. The van der Waals surface area contributed by atoms with Crippen molar-refractivity contribution in [3.05, 3.63) is 89.0 Å². The third-order valence-electron chi connectivity index (χ3n) is 5.25. The second kappa shape index (κ2) is 11.1. The van der Waals surface area contributed by atoms with E-state index in [1.165, 1.54) is 44.2 Å². The van der Waals surface area contributed by atoms with Crippen LogP contribution in [0.2, 0.25) is 13.1 Å². The molecule has 29 heavy (non-hydrogen) atoms. The van der Waals surface area contributed by atoms with Crippen molar-refractivity contribution in [3.63, 3.8) is 0 Å². The van der Waals surface area contributed by atoms with Crippen LogP contribution in [0.15, 0.2) is 77.4 Å². The Morgan fingerprint density at radius 2 is 1.62 bits per heavy atom. The Hall–Kier alpha value is -1.37. The quantitative estimate of drug-likeness (QED) is 0.247. The maximum Gasteiger partial charge on any atom is -0.0398 e. The van der Waals surface area contributed by atoms with Gasteiger partial charge in [-0.2, -0.15) is 11.1 Å². The van der Waals surface area contributed by atoms with Gasteiger partial charge in [0.2, 0.25) is 0 Å². The molecule has 0 saturated heterocycles. The number of allylic oxidation sites excluding steroid dienone is 4. The molecule has 3 aromatic carbocycles. The summed E-state index contributed by atoms with van der Waals surface area (Å²) in [5.74, 6) is 0.560. The fraction of sp³-hybridized carbons (Fsp3) is 0.296. The first kappa shape index (κ1) is 23.9. The summed E-state index contributed by atoms with van der Waals surface area (Å²) in [4.78, 5) is 0. The zero-order chi connectivity index (χ0) is 21.6. The zero-order valence-electron chi connectivity index (χ0n) is 18.9. The average Bonchev–Trinajstić information content (AvgIpc) is 3.19. The van der Waals surface area contributed by atoms with E-state index in [1.54, 1.807) is 23.3 Å². The van der Waals surface area contributed by atoms with E-state index in [2.05, 4.69) is 114 Å². The molecule has 0 heterocycles. The van der Waals surface area contributed by atoms with E-state index in [-0.39, 0.29) is 5.43 Å². The molecule has 0 saturated carbocycles. The van der Waals surface area contributed by atoms with Crippen LogP contribution in [0.3, 0.4) is 0 Å². The third kappa shape index (κ3) is 6.83. The standard InChI is InChI=1S/C16H13.C9H13.C2H6Si.Zr/c1-12-5-4-7-14(11-12)16-10-9-13-6-2-3-8-15(13)16;1-6-5-7(2)9(4)8(6)3;1-3-2;/h2-11H,1H3;6H,1-4H3;1-2H3;/q2*-1;;+2. The van der Waals surface area contributed by atoms with Gasteiger partial charge in [0.15, 0.2) is 0 Å². The van der Waals surface area contributed by atoms with Crippen LogP contribution in [0, 0.1) is 18.9 Å². The predicted molar refractivity (Wildman–Crippen MR) is 127 cm³/mol. The average molecular weight is 476 g/mol. The predicted octanol–water partition coefficient (Wildman–Crippen LogP) is 8.04. The summed E-state index contributed by atoms with van der Waals surface area (Å²) in [7, 11) is 0. The normalized spacial score (nSPS) is 15.3. The number of fused-ring (bicyclic) bond motifs is 1. The van der Waals surface area contributed by atoms with Crippen LogP contribution in [-0.4, -0.2) is 5.43 Å². The molecule has 0 fully saturated rings. The molecule has 0 aromatic heterocycles. The molecule has 1 aliphatic rings. The van der Waals surface area contributed by atoms with Crippen molar-refractivity contribution in [2.24, 2.45) is 5.92 Å². The first-order valence-corrected chi connectivity index (χ1v) is 16.4. The fourth-order valence-corrected chi connectivity index (χ4v) is 3.38. The minimum atomic E-state index is 0.210. The molecule has 0 aliphatic heterocycles. The van der Waals surface area contributed by atoms with Crippen LogP contribution < -0.4 is 0 Å². The van der Waals surface area contributed by atoms with Gasteiger partial charge in [-0.3, -0.25) is 6.08 Å². The topological polar surface area (TPSA) is 0 Å². The zero-order valence-corrected chi connectivity index (χ0v) is 22.3. The summed E-state index contributed by atoms with van der Waals surface area (Å²) in [6.45, 7) is 15.4. The second-order valence-electron chi connectivity index (χ2n) is 8.00. The number of benzene rings is 2. The molecule has 1 unspecified atom stereocenters. The van der Waals surface area contributed by atoms with Crippen LogP contribution in [0.1, 0.15) is 33.3 Å². The third-order valence-corrected chi connectivity index (χ3v) is 5.25. The molecular weight excluding hydrogens is 444 g/mol. The van der Waals surface area contributed by atoms with Gasteiger partial charge < -0.3 is 0 Å². The van der Waals surface area contributed by atoms with E-state index < -0.39 is 0 Å². The maximum atomic E-state index is 3.36. The van der Waals surface area contributed by atoms with Crippen molar-refractivity contribution in [3.8, 4) is 11.1 Å². The fourth-order valence-electron chi connectivity index (χ4n) is 3.38. The summed E-state index contributed by atoms with van der Waals surface area (Å²) in [6, 6.07) is 21.6. The molecule has 148 valence electrons. The SMILES string of the molecule is CC1=[C-]C(C)C(C)=C1C.C[Si](C)=[Zr+2].Cc1cccc(-c2c[cH-]c3ccccc23)c1. The summed E-state index contributed by atoms with van der Waals surface area (Å²) in [6.07, 6.45) is 3.36. The number of hydrogen-bond donors (Lipinski definition) is 0. The van der Waals surface area contributed by atoms with Gasteiger partial charge in [0.1, 0.15) is 0 Å². The molecule has 0 amide bonds. The Kier molecular flexibility index (Phi) is 9.18. The van der Waals surface area contributed by atoms with Crippen molar-refractivity contribution < 1.29 is 23.3 Å². The first-order chi connectivity index (χ1) is 13.7. The summed E-state index contributed by atoms with van der Waals surface area (Å²) < 4.78 is 0. The smallest absolute Gasteiger partial charge is 0.0398 e. The van der Waals surface area contributed by atoms with Crippen LogP contribution in [0.4, 0.5) is 0 Å². The molecule has 1 atom stereocenters. The van der Waals surface area contributed by atoms with Crippen molar-refractivity contribution in [2.45, 2.75) is 47.7 Å². The summed E-state index contributed by atoms with van der Waals surface area (Å²) in [5.41, 5.74) is 8.40. The number of hydrogen-bond acceptors (Lipinski definition) is 0. The molecule has 0 N–H and O–H groups in total. The molecule has 3 aromatic rings. The van der Waals surface area contributed by atoms with Gasteiger partial charge in [0, 0.05) is 0 Å². The van der Waals surface area contributed by atoms with Crippen LogP contribution in [-0.2, 0) is 23.3 Å². The van der Waals surface area contributed by atoms with Crippen LogP contribution in [0.25, 0.3) is 21.9 Å². The molecule has 0 spiro atoms. The number of rotatable bonds is 1. The van der Waals surface area contributed by atoms with E-state index in [0.29, 0.717) is 5.92 Å². The summed E-state index contributed by atoms with van der Waals surface area (Å²) >= 11 is 1.74. The Morgan fingerprint density at radius 1 is 0.966 bits per heavy atom. The van der Waals surface area contributed by atoms with Crippen LogP contribution in [0.5, 0.6) is 0 Å². The van der Waals surface area contributed by atoms with E-state index >= 15 is 0 Å². The molecule has 0 bridgehead atoms. The molecule has 2 heteroatoms. The molecule has 4 rings (SSSR count). The second-order valence-corrected chi connectivity index (χ2v) is 17.4. The summed E-state index contributed by atoms with van der Waals surface area (Å²) in [5, 5.41) is 2.66. The Labute approximate surface area is 192 Å². The Balaban J connectivity index is 0.000000195. The minimum Gasteiger partial charge on any atom is -0.150 e. The van der Waals surface area contributed by atoms with E-state index in [9.17, 15) is 0 Å². The van der Waals surface area contributed by atoms with Gasteiger partial charge in [0.05, 0.1) is 0 Å². The van der Waals surface area contributed by atoms with Gasteiger partial charge in [-0.25, -0.2) is 5.57 Å². The minimum absolute atomic E-state index is 0.210. The van der Waals surface area contributed by atoms with Gasteiger partial charge in [-0.05, 0) is 6.92 Å². The first-order valence-electron chi connectivity index (χ1n) is 10.2. The Bertz CT molecular complexity index is 1050. The van der Waals surface area contributed by atoms with Gasteiger partial charge >= 0.3 is 41.9 Å².